The molecule has 1 heterocycles. The van der Waals surface area contributed by atoms with Crippen LogP contribution in [0.2, 0.25) is 0 Å². The molecule has 1 aromatic rings. The average Bonchev–Trinajstić information content (AvgIpc) is 2.46. The maximum atomic E-state index is 12.4. The lowest BCUT2D eigenvalue weighted by Crippen LogP contribution is -2.48. The van der Waals surface area contributed by atoms with Crippen molar-refractivity contribution in [2.24, 2.45) is 11.8 Å². The van der Waals surface area contributed by atoms with Gasteiger partial charge in [-0.25, -0.2) is 4.79 Å². The van der Waals surface area contributed by atoms with E-state index in [2.05, 4.69) is 0 Å². The van der Waals surface area contributed by atoms with E-state index >= 15 is 0 Å². The fraction of sp³-hybridized carbons (Fsp3) is 0.357. The van der Waals surface area contributed by atoms with Crippen molar-refractivity contribution in [3.63, 3.8) is 0 Å². The number of hydrogen-bond donors (Lipinski definition) is 2. The first-order valence-electron chi connectivity index (χ1n) is 6.30. The van der Waals surface area contributed by atoms with Crippen LogP contribution in [0.25, 0.3) is 0 Å². The normalized spacial score (nSPS) is 22.3. The summed E-state index contributed by atoms with van der Waals surface area (Å²) in [5.41, 5.74) is 0.465. The molecule has 20 heavy (non-hydrogen) atoms. The minimum absolute atomic E-state index is 0.145. The molecule has 2 atom stereocenters. The number of likely N-dealkylation sites (tertiary alicyclic amines) is 1. The molecule has 106 valence electrons. The van der Waals surface area contributed by atoms with Crippen LogP contribution >= 0.6 is 0 Å². The van der Waals surface area contributed by atoms with E-state index in [4.69, 9.17) is 5.11 Å². The predicted octanol–water partition coefficient (Wildman–Crippen LogP) is 1.57. The third-order valence-electron chi connectivity index (χ3n) is 3.60. The number of rotatable bonds is 3. The number of amides is 1. The van der Waals surface area contributed by atoms with Crippen molar-refractivity contribution in [2.75, 3.05) is 13.1 Å². The Morgan fingerprint density at radius 2 is 1.70 bits per heavy atom. The fourth-order valence-electron chi connectivity index (χ4n) is 2.51. The van der Waals surface area contributed by atoms with Gasteiger partial charge in [-0.2, -0.15) is 0 Å². The highest BCUT2D eigenvalue weighted by atomic mass is 16.4. The molecule has 0 radical (unpaired) electrons. The average molecular weight is 277 g/mol. The maximum Gasteiger partial charge on any atom is 0.407 e. The molecule has 1 aromatic carbocycles. The lowest BCUT2D eigenvalue weighted by atomic mass is 9.80. The second-order valence-electron chi connectivity index (χ2n) is 4.80. The summed E-state index contributed by atoms with van der Waals surface area (Å²) in [6, 6.07) is 8.50. The predicted molar refractivity (Wildman–Crippen MR) is 69.6 cm³/mol. The van der Waals surface area contributed by atoms with Crippen molar-refractivity contribution in [2.45, 2.75) is 6.42 Å². The van der Waals surface area contributed by atoms with E-state index in [1.54, 1.807) is 30.3 Å². The van der Waals surface area contributed by atoms with Gasteiger partial charge in [0.15, 0.2) is 5.78 Å². The number of nitrogens with zero attached hydrogens (tertiary/aromatic N) is 1. The Bertz CT molecular complexity index is 528. The summed E-state index contributed by atoms with van der Waals surface area (Å²) in [5.74, 6) is -3.04. The van der Waals surface area contributed by atoms with Crippen LogP contribution in [0.15, 0.2) is 30.3 Å². The van der Waals surface area contributed by atoms with Gasteiger partial charge in [-0.05, 0) is 6.42 Å². The first kappa shape index (κ1) is 14.0. The van der Waals surface area contributed by atoms with E-state index in [0.717, 1.165) is 4.90 Å². The number of carboxylic acid groups (broad SMARTS) is 2. The molecule has 6 heteroatoms. The van der Waals surface area contributed by atoms with Gasteiger partial charge in [0.05, 0.1) is 5.92 Å². The molecule has 2 rings (SSSR count). The van der Waals surface area contributed by atoms with E-state index in [1.165, 1.54) is 0 Å². The van der Waals surface area contributed by atoms with E-state index < -0.39 is 23.9 Å². The van der Waals surface area contributed by atoms with Crippen molar-refractivity contribution >= 4 is 17.8 Å². The summed E-state index contributed by atoms with van der Waals surface area (Å²) < 4.78 is 0. The number of aliphatic carboxylic acids is 1. The number of hydrogen-bond acceptors (Lipinski definition) is 3. The molecule has 1 saturated heterocycles. The molecule has 1 aliphatic heterocycles. The number of benzene rings is 1. The van der Waals surface area contributed by atoms with Crippen LogP contribution in [0.4, 0.5) is 4.79 Å². The molecule has 2 N–H and O–H groups in total. The Kier molecular flexibility index (Phi) is 4.02. The van der Waals surface area contributed by atoms with Crippen LogP contribution in [-0.2, 0) is 4.79 Å². The van der Waals surface area contributed by atoms with E-state index in [-0.39, 0.29) is 25.3 Å². The molecule has 0 bridgehead atoms. The summed E-state index contributed by atoms with van der Waals surface area (Å²) in [6.45, 7) is 0.0380. The second-order valence-corrected chi connectivity index (χ2v) is 4.80. The molecule has 6 nitrogen and oxygen atoms in total. The first-order valence-corrected chi connectivity index (χ1v) is 6.30. The minimum Gasteiger partial charge on any atom is -0.481 e. The highest BCUT2D eigenvalue weighted by molar-refractivity contribution is 6.00. The van der Waals surface area contributed by atoms with Crippen molar-refractivity contribution in [1.82, 2.24) is 4.90 Å². The quantitative estimate of drug-likeness (QED) is 0.818. The maximum absolute atomic E-state index is 12.4. The highest BCUT2D eigenvalue weighted by Gasteiger charge is 2.40. The highest BCUT2D eigenvalue weighted by Crippen LogP contribution is 2.27. The van der Waals surface area contributed by atoms with Gasteiger partial charge < -0.3 is 15.1 Å². The van der Waals surface area contributed by atoms with Gasteiger partial charge in [0, 0.05) is 24.6 Å². The number of carboxylic acids is 1. The molecule has 0 aromatic heterocycles. The largest absolute Gasteiger partial charge is 0.481 e. The Labute approximate surface area is 115 Å². The van der Waals surface area contributed by atoms with Crippen molar-refractivity contribution in [3.8, 4) is 0 Å². The molecule has 1 fully saturated rings. The molecule has 0 spiro atoms. The molecule has 0 aliphatic carbocycles. The number of ketones is 1. The molecular weight excluding hydrogens is 262 g/mol. The second kappa shape index (κ2) is 5.73. The fourth-order valence-corrected chi connectivity index (χ4v) is 2.51. The van der Waals surface area contributed by atoms with Crippen LogP contribution in [0.1, 0.15) is 16.8 Å². The zero-order chi connectivity index (χ0) is 14.7. The standard InChI is InChI=1S/C14H15NO5/c16-12(9-4-2-1-3-5-9)10-6-7-15(14(19)20)8-11(10)13(17)18/h1-5,10-11H,6-8H2,(H,17,18)(H,19,20). The zero-order valence-corrected chi connectivity index (χ0v) is 10.7. The summed E-state index contributed by atoms with van der Waals surface area (Å²) in [6.07, 6.45) is -0.918. The SMILES string of the molecule is O=C(O)C1CN(C(=O)O)CCC1C(=O)c1ccccc1. The van der Waals surface area contributed by atoms with Gasteiger partial charge in [0.1, 0.15) is 0 Å². The number of piperidine rings is 1. The monoisotopic (exact) mass is 277 g/mol. The van der Waals surface area contributed by atoms with Crippen molar-refractivity contribution in [1.29, 1.82) is 0 Å². The van der Waals surface area contributed by atoms with Gasteiger partial charge in [-0.3, -0.25) is 9.59 Å². The first-order chi connectivity index (χ1) is 9.50. The van der Waals surface area contributed by atoms with Crippen molar-refractivity contribution < 1.29 is 24.6 Å². The minimum atomic E-state index is -1.15. The third kappa shape index (κ3) is 2.79. The van der Waals surface area contributed by atoms with E-state index in [1.807, 2.05) is 0 Å². The molecule has 0 saturated carbocycles. The van der Waals surface area contributed by atoms with Crippen molar-refractivity contribution in [3.05, 3.63) is 35.9 Å². The van der Waals surface area contributed by atoms with Gasteiger partial charge >= 0.3 is 12.1 Å². The Balaban J connectivity index is 2.20. The van der Waals surface area contributed by atoms with E-state index in [0.29, 0.717) is 5.56 Å². The molecule has 1 aliphatic rings. The van der Waals surface area contributed by atoms with Gasteiger partial charge in [0.2, 0.25) is 0 Å². The molecular formula is C14H15NO5. The Morgan fingerprint density at radius 3 is 2.25 bits per heavy atom. The summed E-state index contributed by atoms with van der Waals surface area (Å²) in [4.78, 5) is 35.6. The van der Waals surface area contributed by atoms with Crippen LogP contribution in [0.5, 0.6) is 0 Å². The Morgan fingerprint density at radius 1 is 1.05 bits per heavy atom. The van der Waals surface area contributed by atoms with Crippen LogP contribution in [0.3, 0.4) is 0 Å². The summed E-state index contributed by atoms with van der Waals surface area (Å²) in [5, 5.41) is 18.2. The molecule has 2 unspecified atom stereocenters. The number of carbonyl (C=O) groups is 3. The van der Waals surface area contributed by atoms with Crippen LogP contribution in [0, 0.1) is 11.8 Å². The summed E-state index contributed by atoms with van der Waals surface area (Å²) in [7, 11) is 0. The van der Waals surface area contributed by atoms with Crippen LogP contribution < -0.4 is 0 Å². The lowest BCUT2D eigenvalue weighted by molar-refractivity contribution is -0.144. The Hall–Kier alpha value is -2.37. The van der Waals surface area contributed by atoms with E-state index in [9.17, 15) is 19.5 Å². The van der Waals surface area contributed by atoms with Gasteiger partial charge in [0.25, 0.3) is 0 Å². The number of Topliss-reactive ketones (excluding diaryl/α,β-unsaturated/α-hetero) is 1. The lowest BCUT2D eigenvalue weighted by Gasteiger charge is -2.34. The van der Waals surface area contributed by atoms with Gasteiger partial charge in [-0.15, -0.1) is 0 Å². The van der Waals surface area contributed by atoms with Crippen LogP contribution in [-0.4, -0.2) is 46.0 Å². The smallest absolute Gasteiger partial charge is 0.407 e. The third-order valence-corrected chi connectivity index (χ3v) is 3.60. The van der Waals surface area contributed by atoms with Gasteiger partial charge in [-0.1, -0.05) is 30.3 Å². The summed E-state index contributed by atoms with van der Waals surface area (Å²) >= 11 is 0. The molecule has 1 amide bonds. The zero-order valence-electron chi connectivity index (χ0n) is 10.7. The number of carbonyl (C=O) groups excluding carboxylic acids is 1. The topological polar surface area (TPSA) is 94.9 Å².